The van der Waals surface area contributed by atoms with E-state index in [1.807, 2.05) is 23.0 Å². The lowest BCUT2D eigenvalue weighted by molar-refractivity contribution is 0.0899. The molecule has 0 radical (unpaired) electrons. The highest BCUT2D eigenvalue weighted by Crippen LogP contribution is 2.35. The number of rotatable bonds is 11. The summed E-state index contributed by atoms with van der Waals surface area (Å²) in [5, 5.41) is 14.1. The van der Waals surface area contributed by atoms with Crippen molar-refractivity contribution in [3.63, 3.8) is 0 Å². The highest BCUT2D eigenvalue weighted by molar-refractivity contribution is 7.90. The van der Waals surface area contributed by atoms with E-state index in [0.717, 1.165) is 35.0 Å². The predicted molar refractivity (Wildman–Crippen MR) is 160 cm³/mol. The number of ether oxygens (including phenoxy) is 1. The second-order valence-corrected chi connectivity index (χ2v) is 19.6. The zero-order valence-electron chi connectivity index (χ0n) is 24.5. The Morgan fingerprint density at radius 3 is 2.77 bits per heavy atom. The van der Waals surface area contributed by atoms with Gasteiger partial charge in [0.1, 0.15) is 18.7 Å². The smallest absolute Gasteiger partial charge is 0.237 e. The molecule has 11 nitrogen and oxygen atoms in total. The summed E-state index contributed by atoms with van der Waals surface area (Å²) in [7, 11) is -5.21. The minimum Gasteiger partial charge on any atom is -0.367 e. The van der Waals surface area contributed by atoms with Crippen LogP contribution in [-0.2, 0) is 21.3 Å². The minimum absolute atomic E-state index is 0.107. The summed E-state index contributed by atoms with van der Waals surface area (Å²) in [6.45, 7) is 8.72. The SMILES string of the molecule is C[Si](C)(C)CCOCn1ccc2c(-c3cnn([C@@H](CC#N)[C@H]4CCN(c5cc(F)c(S(C)(=O)=O)nc5F)C4)c3)ncnc21. The van der Waals surface area contributed by atoms with Gasteiger partial charge in [0.2, 0.25) is 5.95 Å². The first-order chi connectivity index (χ1) is 20.4. The Hall–Kier alpha value is -3.74. The number of nitrogens with zero attached hydrogens (tertiary/aromatic N) is 8. The Bertz CT molecular complexity index is 1780. The van der Waals surface area contributed by atoms with Crippen molar-refractivity contribution in [2.75, 3.05) is 30.9 Å². The van der Waals surface area contributed by atoms with Gasteiger partial charge in [0.15, 0.2) is 20.7 Å². The Morgan fingerprint density at radius 1 is 1.26 bits per heavy atom. The molecule has 0 aromatic carbocycles. The first-order valence-electron chi connectivity index (χ1n) is 14.0. The Labute approximate surface area is 250 Å². The molecule has 0 N–H and O–H groups in total. The number of fused-ring (bicyclic) bond motifs is 1. The summed E-state index contributed by atoms with van der Waals surface area (Å²) < 4.78 is 62.4. The van der Waals surface area contributed by atoms with Gasteiger partial charge in [-0.2, -0.15) is 14.8 Å². The third-order valence-corrected chi connectivity index (χ3v) is 10.3. The van der Waals surface area contributed by atoms with Crippen LogP contribution in [0, 0.1) is 29.0 Å². The number of nitriles is 1. The summed E-state index contributed by atoms with van der Waals surface area (Å²) in [4.78, 5) is 14.0. The molecule has 0 saturated carbocycles. The molecule has 5 rings (SSSR count). The molecule has 4 aromatic heterocycles. The van der Waals surface area contributed by atoms with E-state index in [9.17, 15) is 22.5 Å². The molecule has 5 heterocycles. The average Bonchev–Trinajstić information content (AvgIpc) is 3.70. The largest absolute Gasteiger partial charge is 0.367 e. The van der Waals surface area contributed by atoms with Crippen molar-refractivity contribution >= 4 is 34.6 Å². The fourth-order valence-electron chi connectivity index (χ4n) is 5.33. The normalized spacial score (nSPS) is 16.6. The molecule has 2 atom stereocenters. The maximum Gasteiger partial charge on any atom is 0.237 e. The van der Waals surface area contributed by atoms with Gasteiger partial charge in [-0.25, -0.2) is 27.8 Å². The number of hydrogen-bond donors (Lipinski definition) is 0. The van der Waals surface area contributed by atoms with Crippen LogP contribution in [0.1, 0.15) is 18.9 Å². The summed E-state index contributed by atoms with van der Waals surface area (Å²) in [6, 6.07) is 5.79. The van der Waals surface area contributed by atoms with E-state index in [1.54, 1.807) is 15.8 Å². The lowest BCUT2D eigenvalue weighted by Gasteiger charge is -2.23. The van der Waals surface area contributed by atoms with Gasteiger partial charge in [-0.05, 0) is 18.5 Å². The Morgan fingerprint density at radius 2 is 2.05 bits per heavy atom. The number of anilines is 1. The van der Waals surface area contributed by atoms with E-state index < -0.39 is 34.7 Å². The van der Waals surface area contributed by atoms with Crippen LogP contribution in [0.15, 0.2) is 42.1 Å². The predicted octanol–water partition coefficient (Wildman–Crippen LogP) is 4.67. The molecule has 0 bridgehead atoms. The minimum atomic E-state index is -4.02. The summed E-state index contributed by atoms with van der Waals surface area (Å²) in [6.07, 6.45) is 8.50. The third-order valence-electron chi connectivity index (χ3n) is 7.64. The summed E-state index contributed by atoms with van der Waals surface area (Å²) in [5.74, 6) is -2.26. The highest BCUT2D eigenvalue weighted by atomic mass is 32.2. The van der Waals surface area contributed by atoms with Crippen LogP contribution in [0.4, 0.5) is 14.5 Å². The molecule has 1 fully saturated rings. The number of sulfone groups is 1. The van der Waals surface area contributed by atoms with Crippen LogP contribution in [0.2, 0.25) is 25.7 Å². The van der Waals surface area contributed by atoms with Crippen molar-refractivity contribution in [1.82, 2.24) is 29.3 Å². The lowest BCUT2D eigenvalue weighted by Crippen LogP contribution is -2.26. The number of hydrogen-bond acceptors (Lipinski definition) is 9. The quantitative estimate of drug-likeness (QED) is 0.132. The van der Waals surface area contributed by atoms with E-state index in [1.165, 1.54) is 6.33 Å². The molecular weight excluding hydrogens is 595 g/mol. The van der Waals surface area contributed by atoms with Gasteiger partial charge < -0.3 is 14.2 Å². The van der Waals surface area contributed by atoms with Crippen molar-refractivity contribution in [3.05, 3.63) is 48.8 Å². The van der Waals surface area contributed by atoms with Crippen molar-refractivity contribution in [2.45, 2.75) is 56.3 Å². The van der Waals surface area contributed by atoms with Crippen LogP contribution >= 0.6 is 0 Å². The molecule has 0 spiro atoms. The van der Waals surface area contributed by atoms with Crippen molar-refractivity contribution in [3.8, 4) is 17.3 Å². The van der Waals surface area contributed by atoms with Gasteiger partial charge in [0.05, 0.1) is 36.1 Å². The van der Waals surface area contributed by atoms with Gasteiger partial charge in [-0.1, -0.05) is 19.6 Å². The molecule has 0 unspecified atom stereocenters. The second kappa shape index (κ2) is 12.1. The maximum atomic E-state index is 14.8. The van der Waals surface area contributed by atoms with E-state index in [-0.39, 0.29) is 24.1 Å². The van der Waals surface area contributed by atoms with Gasteiger partial charge in [0, 0.05) is 69.4 Å². The van der Waals surface area contributed by atoms with E-state index in [4.69, 9.17) is 4.74 Å². The average molecular weight is 629 g/mol. The topological polar surface area (TPSA) is 132 Å². The van der Waals surface area contributed by atoms with Crippen LogP contribution in [0.3, 0.4) is 0 Å². The third kappa shape index (κ3) is 6.76. The van der Waals surface area contributed by atoms with Gasteiger partial charge in [0.25, 0.3) is 0 Å². The summed E-state index contributed by atoms with van der Waals surface area (Å²) >= 11 is 0. The van der Waals surface area contributed by atoms with E-state index >= 15 is 0 Å². The molecule has 43 heavy (non-hydrogen) atoms. The molecule has 4 aromatic rings. The fraction of sp³-hybridized carbons (Fsp3) is 0.464. The zero-order valence-corrected chi connectivity index (χ0v) is 26.4. The molecule has 15 heteroatoms. The molecule has 1 aliphatic heterocycles. The van der Waals surface area contributed by atoms with Crippen molar-refractivity contribution < 1.29 is 21.9 Å². The Kier molecular flexibility index (Phi) is 8.64. The second-order valence-electron chi connectivity index (χ2n) is 12.1. The van der Waals surface area contributed by atoms with E-state index in [0.29, 0.717) is 38.5 Å². The Balaban J connectivity index is 1.34. The van der Waals surface area contributed by atoms with Crippen molar-refractivity contribution in [1.29, 1.82) is 5.26 Å². The van der Waals surface area contributed by atoms with E-state index in [2.05, 4.69) is 45.8 Å². The monoisotopic (exact) mass is 628 g/mol. The summed E-state index contributed by atoms with van der Waals surface area (Å²) in [5.41, 5.74) is 2.10. The molecule has 1 aliphatic rings. The molecule has 1 saturated heterocycles. The first-order valence-corrected chi connectivity index (χ1v) is 19.6. The van der Waals surface area contributed by atoms with Gasteiger partial charge in [-0.3, -0.25) is 4.68 Å². The fourth-order valence-corrected chi connectivity index (χ4v) is 6.75. The van der Waals surface area contributed by atoms with Gasteiger partial charge in [-0.15, -0.1) is 0 Å². The zero-order chi connectivity index (χ0) is 30.9. The number of pyridine rings is 1. The van der Waals surface area contributed by atoms with Crippen molar-refractivity contribution in [2.24, 2.45) is 5.92 Å². The maximum absolute atomic E-state index is 14.8. The van der Waals surface area contributed by atoms with Crippen LogP contribution in [0.5, 0.6) is 0 Å². The molecule has 0 aliphatic carbocycles. The van der Waals surface area contributed by atoms with Crippen LogP contribution in [0.25, 0.3) is 22.3 Å². The molecule has 0 amide bonds. The highest BCUT2D eigenvalue weighted by Gasteiger charge is 2.34. The lowest BCUT2D eigenvalue weighted by atomic mass is 9.96. The van der Waals surface area contributed by atoms with Crippen LogP contribution < -0.4 is 4.90 Å². The number of aromatic nitrogens is 6. The first kappa shape index (κ1) is 30.7. The standard InChI is InChI=1S/C28H34F2N8O3SSi/c1-42(39,40)28-22(29)13-24(26(30)35-28)36-9-6-19(15-36)23(5-8-31)38-16-20(14-34-38)25-21-7-10-37(27(21)33-17-32-25)18-41-11-12-43(2,3)4/h7,10,13-14,16-17,19,23H,5-6,9,11-12,15,18H2,1-4H3/t19-,23-/m0/s1. The van der Waals surface area contributed by atoms with Gasteiger partial charge >= 0.3 is 0 Å². The van der Waals surface area contributed by atoms with Crippen LogP contribution in [-0.4, -0.2) is 71.7 Å². The number of halogens is 2. The molecule has 228 valence electrons. The molecular formula is C28H34F2N8O3SSi.